The minimum absolute atomic E-state index is 0.0753. The van der Waals surface area contributed by atoms with Gasteiger partial charge < -0.3 is 10.4 Å². The smallest absolute Gasteiger partial charge is 0.354 e. The summed E-state index contributed by atoms with van der Waals surface area (Å²) in [5.74, 6) is -1.08. The Morgan fingerprint density at radius 2 is 1.91 bits per heavy atom. The summed E-state index contributed by atoms with van der Waals surface area (Å²) in [6.07, 6.45) is 4.40. The zero-order chi connectivity index (χ0) is 16.2. The fourth-order valence-electron chi connectivity index (χ4n) is 3.17. The van der Waals surface area contributed by atoms with Gasteiger partial charge in [0, 0.05) is 23.7 Å². The number of nitrogens with one attached hydrogen (secondary N) is 1. The van der Waals surface area contributed by atoms with Crippen molar-refractivity contribution in [1.82, 2.24) is 10.3 Å². The van der Waals surface area contributed by atoms with Crippen LogP contribution in [0, 0.1) is 0 Å². The van der Waals surface area contributed by atoms with Crippen molar-refractivity contribution in [3.63, 3.8) is 0 Å². The van der Waals surface area contributed by atoms with Gasteiger partial charge in [-0.25, -0.2) is 9.78 Å². The van der Waals surface area contributed by atoms with E-state index in [4.69, 9.17) is 5.11 Å². The summed E-state index contributed by atoms with van der Waals surface area (Å²) in [4.78, 5) is 27.1. The van der Waals surface area contributed by atoms with Crippen molar-refractivity contribution in [2.24, 2.45) is 0 Å². The summed E-state index contributed by atoms with van der Waals surface area (Å²) in [6, 6.07) is 13.1. The molecule has 1 aromatic heterocycles. The van der Waals surface area contributed by atoms with Crippen molar-refractivity contribution in [1.29, 1.82) is 0 Å². The molecule has 1 aliphatic carbocycles. The topological polar surface area (TPSA) is 79.3 Å². The Balaban J connectivity index is 1.74. The molecular formula is C18H18N2O3. The zero-order valence-electron chi connectivity index (χ0n) is 12.6. The van der Waals surface area contributed by atoms with Crippen LogP contribution in [0.1, 0.15) is 51.6 Å². The Bertz CT molecular complexity index is 715. The molecule has 1 aromatic carbocycles. The van der Waals surface area contributed by atoms with Gasteiger partial charge in [0.15, 0.2) is 0 Å². The summed E-state index contributed by atoms with van der Waals surface area (Å²) in [7, 11) is 0. The van der Waals surface area contributed by atoms with Crippen molar-refractivity contribution in [3.05, 3.63) is 65.5 Å². The van der Waals surface area contributed by atoms with Gasteiger partial charge in [-0.3, -0.25) is 4.79 Å². The third-order valence-corrected chi connectivity index (χ3v) is 4.30. The largest absolute Gasteiger partial charge is 0.477 e. The monoisotopic (exact) mass is 310 g/mol. The van der Waals surface area contributed by atoms with E-state index in [0.29, 0.717) is 11.5 Å². The molecule has 23 heavy (non-hydrogen) atoms. The first-order chi connectivity index (χ1) is 11.1. The molecule has 0 saturated heterocycles. The maximum Gasteiger partial charge on any atom is 0.354 e. The number of amides is 1. The van der Waals surface area contributed by atoms with E-state index in [1.54, 1.807) is 0 Å². The lowest BCUT2D eigenvalue weighted by atomic mass is 9.94. The number of hydrogen-bond donors (Lipinski definition) is 2. The van der Waals surface area contributed by atoms with Crippen molar-refractivity contribution >= 4 is 11.9 Å². The summed E-state index contributed by atoms with van der Waals surface area (Å²) in [5, 5.41) is 12.0. The van der Waals surface area contributed by atoms with E-state index in [1.807, 2.05) is 18.2 Å². The average Bonchev–Trinajstić information content (AvgIpc) is 3.04. The summed E-state index contributed by atoms with van der Waals surface area (Å²) >= 11 is 0. The van der Waals surface area contributed by atoms with Gasteiger partial charge in [0.05, 0.1) is 0 Å². The van der Waals surface area contributed by atoms with Crippen LogP contribution in [0.3, 0.4) is 0 Å². The Morgan fingerprint density at radius 1 is 1.13 bits per heavy atom. The lowest BCUT2D eigenvalue weighted by Gasteiger charge is -2.21. The first-order valence-electron chi connectivity index (χ1n) is 7.70. The number of hydrogen-bond acceptors (Lipinski definition) is 3. The van der Waals surface area contributed by atoms with Crippen molar-refractivity contribution in [3.8, 4) is 0 Å². The molecular weight excluding hydrogens is 292 g/mol. The molecule has 1 heterocycles. The number of carboxylic acid groups (broad SMARTS) is 1. The van der Waals surface area contributed by atoms with Crippen LogP contribution in [-0.2, 0) is 0 Å². The number of rotatable bonds is 4. The van der Waals surface area contributed by atoms with Crippen LogP contribution < -0.4 is 5.32 Å². The van der Waals surface area contributed by atoms with Gasteiger partial charge in [0.1, 0.15) is 5.69 Å². The maximum absolute atomic E-state index is 12.4. The minimum Gasteiger partial charge on any atom is -0.477 e. The first-order valence-corrected chi connectivity index (χ1v) is 7.70. The molecule has 118 valence electrons. The number of nitrogens with zero attached hydrogens (tertiary/aromatic N) is 1. The predicted octanol–water partition coefficient (Wildman–Crippen LogP) is 2.85. The molecule has 1 fully saturated rings. The number of pyridine rings is 1. The Labute approximate surface area is 134 Å². The number of aromatic nitrogens is 1. The van der Waals surface area contributed by atoms with Crippen LogP contribution in [0.2, 0.25) is 0 Å². The van der Waals surface area contributed by atoms with Gasteiger partial charge in [-0.15, -0.1) is 0 Å². The molecule has 2 N–H and O–H groups in total. The molecule has 5 nitrogen and oxygen atoms in total. The molecule has 2 atom stereocenters. The van der Waals surface area contributed by atoms with E-state index >= 15 is 0 Å². The third kappa shape index (κ3) is 3.39. The molecule has 1 aliphatic rings. The number of benzene rings is 1. The van der Waals surface area contributed by atoms with E-state index in [-0.39, 0.29) is 17.6 Å². The molecule has 1 saturated carbocycles. The SMILES string of the molecule is O=C(N[C@@H]1CCC[C@H]1c1ccccc1)c1ccnc(C(=O)O)c1. The normalized spacial score (nSPS) is 20.2. The second kappa shape index (κ2) is 6.60. The maximum atomic E-state index is 12.4. The molecule has 0 unspecified atom stereocenters. The predicted molar refractivity (Wildman–Crippen MR) is 85.5 cm³/mol. The van der Waals surface area contributed by atoms with Crippen LogP contribution in [0.4, 0.5) is 0 Å². The molecule has 0 aliphatic heterocycles. The zero-order valence-corrected chi connectivity index (χ0v) is 12.6. The highest BCUT2D eigenvalue weighted by molar-refractivity contribution is 5.96. The van der Waals surface area contributed by atoms with E-state index in [1.165, 1.54) is 23.9 Å². The second-order valence-corrected chi connectivity index (χ2v) is 5.76. The lowest BCUT2D eigenvalue weighted by molar-refractivity contribution is 0.0690. The molecule has 5 heteroatoms. The van der Waals surface area contributed by atoms with Crippen LogP contribution in [-0.4, -0.2) is 28.0 Å². The van der Waals surface area contributed by atoms with Gasteiger partial charge in [-0.1, -0.05) is 36.8 Å². The van der Waals surface area contributed by atoms with E-state index < -0.39 is 5.97 Å². The van der Waals surface area contributed by atoms with Gasteiger partial charge in [-0.05, 0) is 30.5 Å². The van der Waals surface area contributed by atoms with E-state index in [0.717, 1.165) is 19.3 Å². The van der Waals surface area contributed by atoms with E-state index in [2.05, 4.69) is 22.4 Å². The number of aromatic carboxylic acids is 1. The molecule has 2 aromatic rings. The molecule has 0 radical (unpaired) electrons. The van der Waals surface area contributed by atoms with Crippen molar-refractivity contribution in [2.75, 3.05) is 0 Å². The lowest BCUT2D eigenvalue weighted by Crippen LogP contribution is -2.36. The molecule has 0 spiro atoms. The molecule has 3 rings (SSSR count). The highest BCUT2D eigenvalue weighted by atomic mass is 16.4. The highest BCUT2D eigenvalue weighted by Crippen LogP contribution is 2.34. The fourth-order valence-corrected chi connectivity index (χ4v) is 3.17. The van der Waals surface area contributed by atoms with Crippen LogP contribution in [0.5, 0.6) is 0 Å². The van der Waals surface area contributed by atoms with Crippen molar-refractivity contribution in [2.45, 2.75) is 31.2 Å². The summed E-state index contributed by atoms with van der Waals surface area (Å²) < 4.78 is 0. The number of carboxylic acids is 1. The van der Waals surface area contributed by atoms with Gasteiger partial charge in [-0.2, -0.15) is 0 Å². The van der Waals surface area contributed by atoms with Crippen molar-refractivity contribution < 1.29 is 14.7 Å². The number of carbonyl (C=O) groups is 2. The van der Waals surface area contributed by atoms with Crippen LogP contribution in [0.15, 0.2) is 48.7 Å². The van der Waals surface area contributed by atoms with Gasteiger partial charge in [0.25, 0.3) is 5.91 Å². The first kappa shape index (κ1) is 15.2. The Kier molecular flexibility index (Phi) is 4.37. The van der Waals surface area contributed by atoms with Crippen LogP contribution >= 0.6 is 0 Å². The molecule has 1 amide bonds. The van der Waals surface area contributed by atoms with Gasteiger partial charge in [0.2, 0.25) is 0 Å². The quantitative estimate of drug-likeness (QED) is 0.910. The average molecular weight is 310 g/mol. The second-order valence-electron chi connectivity index (χ2n) is 5.76. The van der Waals surface area contributed by atoms with Crippen LogP contribution in [0.25, 0.3) is 0 Å². The standard InChI is InChI=1S/C18H18N2O3/c21-17(13-9-10-19-16(11-13)18(22)23)20-15-8-4-7-14(15)12-5-2-1-3-6-12/h1-3,5-6,9-11,14-15H,4,7-8H2,(H,20,21)(H,22,23)/t14-,15+/m0/s1. The van der Waals surface area contributed by atoms with Gasteiger partial charge >= 0.3 is 5.97 Å². The highest BCUT2D eigenvalue weighted by Gasteiger charge is 2.30. The van der Waals surface area contributed by atoms with E-state index in [9.17, 15) is 9.59 Å². The third-order valence-electron chi connectivity index (χ3n) is 4.30. The Morgan fingerprint density at radius 3 is 2.65 bits per heavy atom. The Hall–Kier alpha value is -2.69. The molecule has 0 bridgehead atoms. The summed E-state index contributed by atoms with van der Waals surface area (Å²) in [5.41, 5.74) is 1.44. The minimum atomic E-state index is -1.14. The summed E-state index contributed by atoms with van der Waals surface area (Å²) in [6.45, 7) is 0. The number of carbonyl (C=O) groups excluding carboxylic acids is 1. The fraction of sp³-hybridized carbons (Fsp3) is 0.278.